The smallest absolute Gasteiger partial charge is 0.0211 e. The molecule has 0 aliphatic rings. The van der Waals surface area contributed by atoms with Crippen LogP contribution in [0.5, 0.6) is 0 Å². The average molecular weight is 252 g/mol. The second-order valence-corrected chi connectivity index (χ2v) is 5.36. The van der Waals surface area contributed by atoms with Gasteiger partial charge in [-0.1, -0.05) is 38.0 Å². The minimum Gasteiger partial charge on any atom is -0.128 e. The van der Waals surface area contributed by atoms with Crippen LogP contribution in [0.3, 0.4) is 0 Å². The number of hydrogen-bond acceptors (Lipinski definition) is 2. The lowest BCUT2D eigenvalue weighted by atomic mass is 10.2. The van der Waals surface area contributed by atoms with Crippen LogP contribution in [0.15, 0.2) is 34.1 Å². The predicted molar refractivity (Wildman–Crippen MR) is 78.6 cm³/mol. The number of thioether (sulfide) groups is 2. The maximum Gasteiger partial charge on any atom is 0.0211 e. The van der Waals surface area contributed by atoms with E-state index < -0.39 is 0 Å². The van der Waals surface area contributed by atoms with Crippen LogP contribution in [0.4, 0.5) is 0 Å². The summed E-state index contributed by atoms with van der Waals surface area (Å²) < 4.78 is 0. The molecule has 0 fully saturated rings. The fraction of sp³-hybridized carbons (Fsp3) is 0.429. The lowest BCUT2D eigenvalue weighted by Crippen LogP contribution is -1.79. The summed E-state index contributed by atoms with van der Waals surface area (Å²) in [4.78, 5) is 2.75. The van der Waals surface area contributed by atoms with E-state index in [9.17, 15) is 0 Å². The fourth-order valence-electron chi connectivity index (χ4n) is 1.50. The first-order chi connectivity index (χ1) is 7.81. The summed E-state index contributed by atoms with van der Waals surface area (Å²) in [5.74, 6) is 0. The summed E-state index contributed by atoms with van der Waals surface area (Å²) >= 11 is 3.64. The zero-order valence-electron chi connectivity index (χ0n) is 10.3. The number of allylic oxidation sites excluding steroid dienone is 1. The predicted octanol–water partition coefficient (Wildman–Crippen LogP) is 5.33. The summed E-state index contributed by atoms with van der Waals surface area (Å²) in [6, 6.07) is 6.70. The Morgan fingerprint density at radius 3 is 2.50 bits per heavy atom. The summed E-state index contributed by atoms with van der Waals surface area (Å²) in [7, 11) is 0. The molecule has 0 spiro atoms. The maximum atomic E-state index is 2.28. The van der Waals surface area contributed by atoms with Gasteiger partial charge in [-0.25, -0.2) is 0 Å². The van der Waals surface area contributed by atoms with Gasteiger partial charge in [0.1, 0.15) is 0 Å². The van der Waals surface area contributed by atoms with E-state index in [0.717, 1.165) is 0 Å². The van der Waals surface area contributed by atoms with Crippen LogP contribution in [0.2, 0.25) is 0 Å². The highest BCUT2D eigenvalue weighted by Crippen LogP contribution is 2.29. The molecule has 0 unspecified atom stereocenters. The van der Waals surface area contributed by atoms with E-state index in [4.69, 9.17) is 0 Å². The third-order valence-electron chi connectivity index (χ3n) is 2.44. The monoisotopic (exact) mass is 252 g/mol. The molecule has 0 aromatic heterocycles. The lowest BCUT2D eigenvalue weighted by molar-refractivity contribution is 0.816. The van der Waals surface area contributed by atoms with Crippen molar-refractivity contribution in [2.45, 2.75) is 36.0 Å². The Morgan fingerprint density at radius 1 is 1.12 bits per heavy atom. The Balaban J connectivity index is 2.71. The van der Waals surface area contributed by atoms with Crippen molar-refractivity contribution in [2.75, 3.05) is 12.5 Å². The highest BCUT2D eigenvalue weighted by atomic mass is 32.2. The maximum absolute atomic E-state index is 2.28. The minimum absolute atomic E-state index is 1.19. The van der Waals surface area contributed by atoms with E-state index in [-0.39, 0.29) is 0 Å². The molecular weight excluding hydrogens is 232 g/mol. The van der Waals surface area contributed by atoms with E-state index in [2.05, 4.69) is 49.8 Å². The first-order valence-corrected chi connectivity index (χ1v) is 8.15. The Bertz CT molecular complexity index is 343. The van der Waals surface area contributed by atoms with E-state index in [1.807, 2.05) is 23.5 Å². The largest absolute Gasteiger partial charge is 0.128 e. The molecule has 0 N–H and O–H groups in total. The topological polar surface area (TPSA) is 0 Å². The van der Waals surface area contributed by atoms with Crippen molar-refractivity contribution >= 4 is 29.6 Å². The van der Waals surface area contributed by atoms with Gasteiger partial charge in [0.25, 0.3) is 0 Å². The molecule has 0 amide bonds. The molecule has 1 rings (SSSR count). The number of rotatable bonds is 6. The molecule has 0 aliphatic carbocycles. The number of unbranched alkanes of at least 4 members (excludes halogenated alkanes) is 2. The van der Waals surface area contributed by atoms with Gasteiger partial charge in [0.15, 0.2) is 0 Å². The highest BCUT2D eigenvalue weighted by Gasteiger charge is 2.00. The van der Waals surface area contributed by atoms with E-state index in [0.29, 0.717) is 0 Å². The van der Waals surface area contributed by atoms with Crippen LogP contribution < -0.4 is 0 Å². The molecule has 0 heterocycles. The molecule has 1 aromatic rings. The van der Waals surface area contributed by atoms with Crippen LogP contribution >= 0.6 is 23.5 Å². The molecule has 88 valence electrons. The van der Waals surface area contributed by atoms with Crippen molar-refractivity contribution in [1.82, 2.24) is 0 Å². The summed E-state index contributed by atoms with van der Waals surface area (Å²) in [5.41, 5.74) is 1.32. The van der Waals surface area contributed by atoms with E-state index >= 15 is 0 Å². The Morgan fingerprint density at radius 2 is 1.88 bits per heavy atom. The molecule has 0 aliphatic heterocycles. The first-order valence-electron chi connectivity index (χ1n) is 5.70. The van der Waals surface area contributed by atoms with E-state index in [1.54, 1.807) is 0 Å². The van der Waals surface area contributed by atoms with Crippen LogP contribution in [-0.2, 0) is 0 Å². The highest BCUT2D eigenvalue weighted by molar-refractivity contribution is 8.01. The van der Waals surface area contributed by atoms with Gasteiger partial charge in [0.2, 0.25) is 0 Å². The molecule has 0 atom stereocenters. The van der Waals surface area contributed by atoms with Gasteiger partial charge in [-0.2, -0.15) is 0 Å². The third kappa shape index (κ3) is 4.26. The zero-order valence-corrected chi connectivity index (χ0v) is 12.0. The minimum atomic E-state index is 1.19. The second-order valence-electron chi connectivity index (χ2n) is 3.66. The van der Waals surface area contributed by atoms with Crippen LogP contribution in [0.25, 0.3) is 6.08 Å². The quantitative estimate of drug-likeness (QED) is 0.495. The fourth-order valence-corrected chi connectivity index (χ4v) is 2.99. The molecule has 0 saturated carbocycles. The molecule has 2 heteroatoms. The average Bonchev–Trinajstić information content (AvgIpc) is 2.34. The molecule has 0 saturated heterocycles. The van der Waals surface area contributed by atoms with E-state index in [1.165, 1.54) is 34.6 Å². The van der Waals surface area contributed by atoms with Crippen LogP contribution in [0, 0.1) is 0 Å². The first kappa shape index (κ1) is 13.7. The van der Waals surface area contributed by atoms with Crippen molar-refractivity contribution in [1.29, 1.82) is 0 Å². The van der Waals surface area contributed by atoms with Gasteiger partial charge in [0, 0.05) is 9.79 Å². The Kier molecular flexibility index (Phi) is 6.74. The summed E-state index contributed by atoms with van der Waals surface area (Å²) in [6.07, 6.45) is 12.5. The second kappa shape index (κ2) is 7.86. The normalized spacial score (nSPS) is 11.2. The van der Waals surface area contributed by atoms with Crippen molar-refractivity contribution in [3.8, 4) is 0 Å². The molecule has 0 radical (unpaired) electrons. The van der Waals surface area contributed by atoms with Crippen molar-refractivity contribution in [3.05, 3.63) is 29.8 Å². The van der Waals surface area contributed by atoms with Crippen LogP contribution in [-0.4, -0.2) is 12.5 Å². The van der Waals surface area contributed by atoms with Crippen LogP contribution in [0.1, 0.15) is 31.7 Å². The van der Waals surface area contributed by atoms with Gasteiger partial charge in [-0.05, 0) is 36.6 Å². The molecule has 0 nitrogen and oxygen atoms in total. The zero-order chi connectivity index (χ0) is 11.8. The van der Waals surface area contributed by atoms with Crippen molar-refractivity contribution in [3.63, 3.8) is 0 Å². The molecule has 16 heavy (non-hydrogen) atoms. The number of benzene rings is 1. The van der Waals surface area contributed by atoms with Gasteiger partial charge in [0.05, 0.1) is 0 Å². The lowest BCUT2D eigenvalue weighted by Gasteiger charge is -2.05. The summed E-state index contributed by atoms with van der Waals surface area (Å²) in [5, 5.41) is 0. The molecule has 1 aromatic carbocycles. The summed E-state index contributed by atoms with van der Waals surface area (Å²) in [6.45, 7) is 2.23. The van der Waals surface area contributed by atoms with Crippen molar-refractivity contribution < 1.29 is 0 Å². The van der Waals surface area contributed by atoms with Gasteiger partial charge >= 0.3 is 0 Å². The molecule has 0 bridgehead atoms. The van der Waals surface area contributed by atoms with Gasteiger partial charge < -0.3 is 0 Å². The number of hydrogen-bond donors (Lipinski definition) is 0. The van der Waals surface area contributed by atoms with Crippen molar-refractivity contribution in [2.24, 2.45) is 0 Å². The van der Waals surface area contributed by atoms with Gasteiger partial charge in [-0.3, -0.25) is 0 Å². The Labute approximate surface area is 108 Å². The van der Waals surface area contributed by atoms with Gasteiger partial charge in [-0.15, -0.1) is 23.5 Å². The molecular formula is C14H20S2. The SMILES string of the molecule is CCCC/C=C/c1ccc(SC)c(SC)c1. The third-order valence-corrected chi connectivity index (χ3v) is 4.14. The standard InChI is InChI=1S/C14H20S2/c1-4-5-6-7-8-12-9-10-13(15-2)14(11-12)16-3/h7-11H,4-6H2,1-3H3/b8-7+. The Hall–Kier alpha value is -0.340.